The molecule has 0 aliphatic carbocycles. The van der Waals surface area contributed by atoms with Crippen LogP contribution in [-0.4, -0.2) is 17.9 Å². The molecule has 0 aromatic heterocycles. The first-order valence-corrected chi connectivity index (χ1v) is 6.70. The number of hydrogen-bond donors (Lipinski definition) is 1. The van der Waals surface area contributed by atoms with Gasteiger partial charge in [-0.1, -0.05) is 11.6 Å². The van der Waals surface area contributed by atoms with Crippen LogP contribution in [0.15, 0.2) is 36.4 Å². The van der Waals surface area contributed by atoms with Crippen molar-refractivity contribution in [2.75, 3.05) is 12.4 Å². The highest BCUT2D eigenvalue weighted by Crippen LogP contribution is 2.26. The molecule has 114 valence electrons. The van der Waals surface area contributed by atoms with Crippen molar-refractivity contribution in [3.63, 3.8) is 0 Å². The standard InChI is InChI=1S/C15H13ClN2O4/c1-9-7-10(16)3-5-13(9)17-15(19)12-8-11(18(20)21)4-6-14(12)22-2/h3-8H,1-2H3,(H,17,19). The fourth-order valence-electron chi connectivity index (χ4n) is 1.94. The van der Waals surface area contributed by atoms with Gasteiger partial charge in [0.15, 0.2) is 0 Å². The summed E-state index contributed by atoms with van der Waals surface area (Å²) in [6, 6.07) is 8.88. The molecule has 2 rings (SSSR count). The van der Waals surface area contributed by atoms with E-state index in [9.17, 15) is 14.9 Å². The number of non-ortho nitro benzene ring substituents is 1. The molecule has 0 bridgehead atoms. The Kier molecular flexibility index (Phi) is 4.62. The number of amides is 1. The van der Waals surface area contributed by atoms with Crippen LogP contribution >= 0.6 is 11.6 Å². The molecule has 0 saturated heterocycles. The van der Waals surface area contributed by atoms with Crippen LogP contribution in [0.4, 0.5) is 11.4 Å². The van der Waals surface area contributed by atoms with Gasteiger partial charge in [-0.15, -0.1) is 0 Å². The second-order valence-electron chi connectivity index (χ2n) is 4.56. The van der Waals surface area contributed by atoms with Crippen molar-refractivity contribution < 1.29 is 14.5 Å². The Bertz CT molecular complexity index is 746. The third kappa shape index (κ3) is 3.35. The molecule has 0 atom stereocenters. The van der Waals surface area contributed by atoms with Gasteiger partial charge in [0.05, 0.1) is 17.6 Å². The van der Waals surface area contributed by atoms with Crippen molar-refractivity contribution in [2.45, 2.75) is 6.92 Å². The lowest BCUT2D eigenvalue weighted by Crippen LogP contribution is -2.14. The van der Waals surface area contributed by atoms with Crippen LogP contribution in [0.3, 0.4) is 0 Å². The predicted molar refractivity (Wildman–Crippen MR) is 83.8 cm³/mol. The number of nitro groups is 1. The Balaban J connectivity index is 2.35. The number of halogens is 1. The van der Waals surface area contributed by atoms with E-state index in [0.717, 1.165) is 5.56 Å². The van der Waals surface area contributed by atoms with Gasteiger partial charge in [0, 0.05) is 22.8 Å². The summed E-state index contributed by atoms with van der Waals surface area (Å²) in [4.78, 5) is 22.6. The van der Waals surface area contributed by atoms with Gasteiger partial charge in [-0.05, 0) is 36.8 Å². The van der Waals surface area contributed by atoms with Gasteiger partial charge in [-0.25, -0.2) is 0 Å². The molecule has 0 saturated carbocycles. The zero-order valence-electron chi connectivity index (χ0n) is 11.9. The van der Waals surface area contributed by atoms with Gasteiger partial charge in [0.1, 0.15) is 5.75 Å². The number of rotatable bonds is 4. The number of carbonyl (C=O) groups excluding carboxylic acids is 1. The summed E-state index contributed by atoms with van der Waals surface area (Å²) >= 11 is 5.87. The Hall–Kier alpha value is -2.60. The van der Waals surface area contributed by atoms with Crippen LogP contribution < -0.4 is 10.1 Å². The molecule has 0 fully saturated rings. The Morgan fingerprint density at radius 2 is 2.00 bits per heavy atom. The third-order valence-electron chi connectivity index (χ3n) is 3.08. The molecule has 22 heavy (non-hydrogen) atoms. The van der Waals surface area contributed by atoms with Crippen molar-refractivity contribution in [3.8, 4) is 5.75 Å². The highest BCUT2D eigenvalue weighted by molar-refractivity contribution is 6.30. The van der Waals surface area contributed by atoms with E-state index in [2.05, 4.69) is 5.32 Å². The molecule has 1 amide bonds. The normalized spacial score (nSPS) is 10.1. The number of anilines is 1. The van der Waals surface area contributed by atoms with E-state index in [1.807, 2.05) is 0 Å². The topological polar surface area (TPSA) is 81.5 Å². The van der Waals surface area contributed by atoms with E-state index < -0.39 is 10.8 Å². The Morgan fingerprint density at radius 3 is 2.59 bits per heavy atom. The van der Waals surface area contributed by atoms with Crippen LogP contribution in [0.1, 0.15) is 15.9 Å². The molecule has 2 aromatic carbocycles. The minimum atomic E-state index is -0.566. The molecule has 0 unspecified atom stereocenters. The van der Waals surface area contributed by atoms with Gasteiger partial charge in [-0.3, -0.25) is 14.9 Å². The first-order valence-electron chi connectivity index (χ1n) is 6.32. The minimum Gasteiger partial charge on any atom is -0.496 e. The fourth-order valence-corrected chi connectivity index (χ4v) is 2.17. The fraction of sp³-hybridized carbons (Fsp3) is 0.133. The molecular formula is C15H13ClN2O4. The van der Waals surface area contributed by atoms with Gasteiger partial charge in [-0.2, -0.15) is 0 Å². The predicted octanol–water partition coefficient (Wildman–Crippen LogP) is 3.82. The first kappa shape index (κ1) is 15.8. The average molecular weight is 321 g/mol. The highest BCUT2D eigenvalue weighted by atomic mass is 35.5. The zero-order valence-corrected chi connectivity index (χ0v) is 12.7. The van der Waals surface area contributed by atoms with Gasteiger partial charge in [0.25, 0.3) is 11.6 Å². The van der Waals surface area contributed by atoms with E-state index in [4.69, 9.17) is 16.3 Å². The number of benzene rings is 2. The number of aryl methyl sites for hydroxylation is 1. The van der Waals surface area contributed by atoms with Gasteiger partial charge < -0.3 is 10.1 Å². The van der Waals surface area contributed by atoms with Crippen molar-refractivity contribution in [2.24, 2.45) is 0 Å². The molecule has 0 radical (unpaired) electrons. The summed E-state index contributed by atoms with van der Waals surface area (Å²) in [5.74, 6) is -0.235. The van der Waals surface area contributed by atoms with Crippen molar-refractivity contribution in [1.82, 2.24) is 0 Å². The van der Waals surface area contributed by atoms with Crippen molar-refractivity contribution >= 4 is 28.9 Å². The lowest BCUT2D eigenvalue weighted by molar-refractivity contribution is -0.384. The lowest BCUT2D eigenvalue weighted by atomic mass is 10.1. The SMILES string of the molecule is COc1ccc([N+](=O)[O-])cc1C(=O)Nc1ccc(Cl)cc1C. The van der Waals surface area contributed by atoms with E-state index >= 15 is 0 Å². The minimum absolute atomic E-state index is 0.0889. The molecule has 2 aromatic rings. The van der Waals surface area contributed by atoms with E-state index in [1.54, 1.807) is 25.1 Å². The van der Waals surface area contributed by atoms with Crippen LogP contribution in [0.25, 0.3) is 0 Å². The molecule has 0 spiro atoms. The van der Waals surface area contributed by atoms with Gasteiger partial charge >= 0.3 is 0 Å². The zero-order chi connectivity index (χ0) is 16.3. The summed E-state index contributed by atoms with van der Waals surface area (Å²) in [7, 11) is 1.39. The maximum Gasteiger partial charge on any atom is 0.270 e. The largest absolute Gasteiger partial charge is 0.496 e. The molecule has 1 N–H and O–H groups in total. The molecule has 7 heteroatoms. The Morgan fingerprint density at radius 1 is 1.27 bits per heavy atom. The maximum absolute atomic E-state index is 12.4. The summed E-state index contributed by atoms with van der Waals surface area (Å²) in [6.45, 7) is 1.80. The Labute approximate surface area is 131 Å². The van der Waals surface area contributed by atoms with Crippen LogP contribution in [-0.2, 0) is 0 Å². The van der Waals surface area contributed by atoms with Crippen LogP contribution in [0, 0.1) is 17.0 Å². The summed E-state index contributed by atoms with van der Waals surface area (Å²) in [5, 5.41) is 14.1. The summed E-state index contributed by atoms with van der Waals surface area (Å²) in [5.41, 5.74) is 1.26. The van der Waals surface area contributed by atoms with Gasteiger partial charge in [0.2, 0.25) is 0 Å². The first-order chi connectivity index (χ1) is 10.4. The summed E-state index contributed by atoms with van der Waals surface area (Å²) < 4.78 is 5.08. The molecule has 0 aliphatic heterocycles. The quantitative estimate of drug-likeness (QED) is 0.686. The number of methoxy groups -OCH3 is 1. The van der Waals surface area contributed by atoms with E-state index in [-0.39, 0.29) is 17.0 Å². The number of carbonyl (C=O) groups is 1. The van der Waals surface area contributed by atoms with E-state index in [1.165, 1.54) is 25.3 Å². The maximum atomic E-state index is 12.4. The number of nitrogens with zero attached hydrogens (tertiary/aromatic N) is 1. The number of nitro benzene ring substituents is 1. The monoisotopic (exact) mass is 320 g/mol. The molecule has 0 heterocycles. The van der Waals surface area contributed by atoms with Crippen molar-refractivity contribution in [3.05, 3.63) is 62.7 Å². The highest BCUT2D eigenvalue weighted by Gasteiger charge is 2.18. The average Bonchev–Trinajstić information content (AvgIpc) is 2.49. The molecule has 0 aliphatic rings. The lowest BCUT2D eigenvalue weighted by Gasteiger charge is -2.11. The van der Waals surface area contributed by atoms with Crippen molar-refractivity contribution in [1.29, 1.82) is 0 Å². The second kappa shape index (κ2) is 6.44. The summed E-state index contributed by atoms with van der Waals surface area (Å²) in [6.07, 6.45) is 0. The number of hydrogen-bond acceptors (Lipinski definition) is 4. The smallest absolute Gasteiger partial charge is 0.270 e. The molecular weight excluding hydrogens is 308 g/mol. The second-order valence-corrected chi connectivity index (χ2v) is 4.99. The van der Waals surface area contributed by atoms with Crippen LogP contribution in [0.5, 0.6) is 5.75 Å². The number of nitrogens with one attached hydrogen (secondary N) is 1. The molecule has 6 nitrogen and oxygen atoms in total. The number of ether oxygens (including phenoxy) is 1. The van der Waals surface area contributed by atoms with Crippen LogP contribution in [0.2, 0.25) is 5.02 Å². The third-order valence-corrected chi connectivity index (χ3v) is 3.31. The van der Waals surface area contributed by atoms with E-state index in [0.29, 0.717) is 10.7 Å².